The number of amides is 1. The fraction of sp³-hybridized carbons (Fsp3) is 0.364. The minimum absolute atomic E-state index is 0.0637. The molecule has 0 saturated carbocycles. The maximum Gasteiger partial charge on any atom is 0.241 e. The summed E-state index contributed by atoms with van der Waals surface area (Å²) in [6.07, 6.45) is 0.240. The first-order valence-electron chi connectivity index (χ1n) is 9.54. The third-order valence-corrected chi connectivity index (χ3v) is 5.07. The van der Waals surface area contributed by atoms with Gasteiger partial charge in [-0.2, -0.15) is 5.26 Å². The molecule has 1 saturated heterocycles. The molecule has 0 aliphatic carbocycles. The van der Waals surface area contributed by atoms with Crippen molar-refractivity contribution >= 4 is 17.3 Å². The Kier molecular flexibility index (Phi) is 6.62. The fourth-order valence-electron chi connectivity index (χ4n) is 3.52. The number of hydrogen-bond donors (Lipinski definition) is 0. The molecule has 0 bridgehead atoms. The van der Waals surface area contributed by atoms with Gasteiger partial charge in [-0.1, -0.05) is 18.2 Å². The van der Waals surface area contributed by atoms with Crippen LogP contribution in [0.25, 0.3) is 0 Å². The van der Waals surface area contributed by atoms with Crippen LogP contribution < -0.4 is 9.80 Å². The molecule has 3 rings (SSSR count). The van der Waals surface area contributed by atoms with Crippen molar-refractivity contribution in [3.05, 3.63) is 59.9 Å². The molecule has 0 radical (unpaired) electrons. The van der Waals surface area contributed by atoms with Crippen molar-refractivity contribution in [3.8, 4) is 6.07 Å². The molecule has 1 aliphatic heterocycles. The number of benzene rings is 2. The lowest BCUT2D eigenvalue weighted by Gasteiger charge is -2.37. The van der Waals surface area contributed by atoms with E-state index in [4.69, 9.17) is 5.26 Å². The van der Waals surface area contributed by atoms with Gasteiger partial charge in [0, 0.05) is 44.1 Å². The van der Waals surface area contributed by atoms with E-state index in [1.54, 1.807) is 17.0 Å². The van der Waals surface area contributed by atoms with E-state index in [1.165, 1.54) is 23.4 Å². The van der Waals surface area contributed by atoms with E-state index in [2.05, 4.69) is 34.9 Å². The molecule has 2 aromatic rings. The summed E-state index contributed by atoms with van der Waals surface area (Å²) in [7, 11) is 0. The average Bonchev–Trinajstić information content (AvgIpc) is 2.71. The van der Waals surface area contributed by atoms with E-state index in [0.717, 1.165) is 26.2 Å². The number of nitrogens with zero attached hydrogens (tertiary/aromatic N) is 4. The van der Waals surface area contributed by atoms with Gasteiger partial charge in [-0.25, -0.2) is 4.39 Å². The van der Waals surface area contributed by atoms with Crippen LogP contribution in [0.15, 0.2) is 48.5 Å². The number of piperazine rings is 1. The maximum atomic E-state index is 13.2. The third-order valence-electron chi connectivity index (χ3n) is 5.07. The summed E-state index contributed by atoms with van der Waals surface area (Å²) in [4.78, 5) is 18.9. The maximum absolute atomic E-state index is 13.2. The van der Waals surface area contributed by atoms with Crippen LogP contribution in [0, 0.1) is 24.1 Å². The van der Waals surface area contributed by atoms with Gasteiger partial charge in [0.1, 0.15) is 5.82 Å². The Balaban J connectivity index is 1.60. The molecule has 5 nitrogen and oxygen atoms in total. The van der Waals surface area contributed by atoms with Crippen molar-refractivity contribution in [1.29, 1.82) is 5.26 Å². The molecule has 1 fully saturated rings. The average molecular weight is 380 g/mol. The summed E-state index contributed by atoms with van der Waals surface area (Å²) in [5.74, 6) is -0.407. The minimum atomic E-state index is -0.344. The number of halogens is 1. The number of hydrogen-bond acceptors (Lipinski definition) is 4. The van der Waals surface area contributed by atoms with E-state index < -0.39 is 0 Å². The lowest BCUT2D eigenvalue weighted by Crippen LogP contribution is -2.50. The summed E-state index contributed by atoms with van der Waals surface area (Å²) in [5.41, 5.74) is 3.13. The molecule has 28 heavy (non-hydrogen) atoms. The number of carbonyl (C=O) groups excluding carboxylic acids is 1. The van der Waals surface area contributed by atoms with Gasteiger partial charge in [0.05, 0.1) is 19.0 Å². The molecule has 6 heteroatoms. The largest absolute Gasteiger partial charge is 0.369 e. The molecular formula is C22H25FN4O. The molecule has 0 N–H and O–H groups in total. The standard InChI is InChI=1S/C22H25FN4O/c1-18-5-2-3-6-21(18)26-15-13-25(14-16-26)17-22(28)27(12-4-11-24)20-9-7-19(23)8-10-20/h2-3,5-10H,4,12-17H2,1H3. The number of nitriles is 1. The van der Waals surface area contributed by atoms with E-state index in [9.17, 15) is 9.18 Å². The highest BCUT2D eigenvalue weighted by atomic mass is 19.1. The molecule has 1 heterocycles. The molecule has 0 spiro atoms. The monoisotopic (exact) mass is 380 g/mol. The summed E-state index contributed by atoms with van der Waals surface area (Å²) in [5, 5.41) is 8.91. The topological polar surface area (TPSA) is 50.6 Å². The van der Waals surface area contributed by atoms with Crippen LogP contribution in [-0.4, -0.2) is 50.1 Å². The summed E-state index contributed by atoms with van der Waals surface area (Å²) in [6.45, 7) is 6.06. The van der Waals surface area contributed by atoms with E-state index in [1.807, 2.05) is 12.1 Å². The Bertz CT molecular complexity index is 838. The van der Waals surface area contributed by atoms with Gasteiger partial charge in [-0.05, 0) is 42.8 Å². The highest BCUT2D eigenvalue weighted by Gasteiger charge is 2.23. The van der Waals surface area contributed by atoms with Crippen molar-refractivity contribution < 1.29 is 9.18 Å². The van der Waals surface area contributed by atoms with Gasteiger partial charge in [-0.3, -0.25) is 9.69 Å². The predicted octanol–water partition coefficient (Wildman–Crippen LogP) is 3.20. The van der Waals surface area contributed by atoms with Crippen LogP contribution in [0.4, 0.5) is 15.8 Å². The Morgan fingerprint density at radius 1 is 1.11 bits per heavy atom. The van der Waals surface area contributed by atoms with E-state index in [-0.39, 0.29) is 18.1 Å². The number of para-hydroxylation sites is 1. The van der Waals surface area contributed by atoms with Crippen molar-refractivity contribution in [2.75, 3.05) is 49.1 Å². The van der Waals surface area contributed by atoms with Crippen LogP contribution in [-0.2, 0) is 4.79 Å². The van der Waals surface area contributed by atoms with E-state index in [0.29, 0.717) is 18.8 Å². The SMILES string of the molecule is Cc1ccccc1N1CCN(CC(=O)N(CCC#N)c2ccc(F)cc2)CC1. The molecule has 1 aliphatic rings. The Morgan fingerprint density at radius 3 is 2.43 bits per heavy atom. The molecule has 0 atom stereocenters. The number of aryl methyl sites for hydroxylation is 1. The lowest BCUT2D eigenvalue weighted by molar-refractivity contribution is -0.119. The van der Waals surface area contributed by atoms with E-state index >= 15 is 0 Å². The van der Waals surface area contributed by atoms with Crippen LogP contribution in [0.1, 0.15) is 12.0 Å². The van der Waals surface area contributed by atoms with Gasteiger partial charge >= 0.3 is 0 Å². The summed E-state index contributed by atoms with van der Waals surface area (Å²) < 4.78 is 13.2. The normalized spacial score (nSPS) is 14.5. The van der Waals surface area contributed by atoms with Crippen molar-refractivity contribution in [3.63, 3.8) is 0 Å². The zero-order valence-electron chi connectivity index (χ0n) is 16.1. The van der Waals surface area contributed by atoms with Crippen LogP contribution in [0.2, 0.25) is 0 Å². The number of rotatable bonds is 6. The minimum Gasteiger partial charge on any atom is -0.369 e. The molecule has 2 aromatic carbocycles. The van der Waals surface area contributed by atoms with Gasteiger partial charge in [0.25, 0.3) is 0 Å². The second kappa shape index (κ2) is 9.34. The smallest absolute Gasteiger partial charge is 0.241 e. The fourth-order valence-corrected chi connectivity index (χ4v) is 3.52. The van der Waals surface area contributed by atoms with Crippen molar-refractivity contribution in [2.24, 2.45) is 0 Å². The Hall–Kier alpha value is -2.91. The van der Waals surface area contributed by atoms with Gasteiger partial charge in [0.2, 0.25) is 5.91 Å². The molecule has 146 valence electrons. The van der Waals surface area contributed by atoms with Crippen molar-refractivity contribution in [2.45, 2.75) is 13.3 Å². The van der Waals surface area contributed by atoms with Crippen LogP contribution >= 0.6 is 0 Å². The Labute approximate surface area is 165 Å². The first-order chi connectivity index (χ1) is 13.6. The highest BCUT2D eigenvalue weighted by molar-refractivity contribution is 5.94. The zero-order chi connectivity index (χ0) is 19.9. The molecule has 0 unspecified atom stereocenters. The Morgan fingerprint density at radius 2 is 1.79 bits per heavy atom. The third kappa shape index (κ3) is 4.87. The van der Waals surface area contributed by atoms with Crippen molar-refractivity contribution in [1.82, 2.24) is 4.90 Å². The summed E-state index contributed by atoms with van der Waals surface area (Å²) >= 11 is 0. The molecule has 0 aromatic heterocycles. The summed E-state index contributed by atoms with van der Waals surface area (Å²) in [6, 6.07) is 16.3. The van der Waals surface area contributed by atoms with Crippen LogP contribution in [0.3, 0.4) is 0 Å². The highest BCUT2D eigenvalue weighted by Crippen LogP contribution is 2.21. The second-order valence-electron chi connectivity index (χ2n) is 6.98. The second-order valence-corrected chi connectivity index (χ2v) is 6.98. The predicted molar refractivity (Wildman–Crippen MR) is 109 cm³/mol. The van der Waals surface area contributed by atoms with Crippen LogP contribution in [0.5, 0.6) is 0 Å². The lowest BCUT2D eigenvalue weighted by atomic mass is 10.1. The number of anilines is 2. The van der Waals surface area contributed by atoms with Gasteiger partial charge < -0.3 is 9.80 Å². The van der Waals surface area contributed by atoms with Gasteiger partial charge in [-0.15, -0.1) is 0 Å². The quantitative estimate of drug-likeness (QED) is 0.772. The van der Waals surface area contributed by atoms with Gasteiger partial charge in [0.15, 0.2) is 0 Å². The number of carbonyl (C=O) groups is 1. The molecule has 1 amide bonds. The molecular weight excluding hydrogens is 355 g/mol. The first-order valence-corrected chi connectivity index (χ1v) is 9.54. The zero-order valence-corrected chi connectivity index (χ0v) is 16.1. The first kappa shape index (κ1) is 19.8.